The molecule has 24 heavy (non-hydrogen) atoms. The quantitative estimate of drug-likeness (QED) is 0.784. The van der Waals surface area contributed by atoms with Crippen LogP contribution in [0.2, 0.25) is 0 Å². The van der Waals surface area contributed by atoms with Gasteiger partial charge in [-0.15, -0.1) is 0 Å². The SMILES string of the molecule is CC(C)(C)CN(NC(=O)N1CCOCC1)c1nc(C#N)ncc1Br. The van der Waals surface area contributed by atoms with Crippen molar-refractivity contribution in [3.63, 3.8) is 0 Å². The Bertz CT molecular complexity index is 634. The zero-order valence-corrected chi connectivity index (χ0v) is 15.6. The van der Waals surface area contributed by atoms with Crippen molar-refractivity contribution in [3.8, 4) is 6.07 Å². The van der Waals surface area contributed by atoms with Crippen molar-refractivity contribution < 1.29 is 9.53 Å². The third kappa shape index (κ3) is 5.04. The highest BCUT2D eigenvalue weighted by Crippen LogP contribution is 2.25. The summed E-state index contributed by atoms with van der Waals surface area (Å²) in [4.78, 5) is 22.4. The molecule has 0 saturated carbocycles. The van der Waals surface area contributed by atoms with Gasteiger partial charge in [0.1, 0.15) is 6.07 Å². The number of nitriles is 1. The second-order valence-corrected chi connectivity index (χ2v) is 7.49. The summed E-state index contributed by atoms with van der Waals surface area (Å²) in [7, 11) is 0. The van der Waals surface area contributed by atoms with Crippen LogP contribution in [0.25, 0.3) is 0 Å². The molecule has 8 nitrogen and oxygen atoms in total. The van der Waals surface area contributed by atoms with Crippen molar-refractivity contribution in [3.05, 3.63) is 16.5 Å². The third-order valence-corrected chi connectivity index (χ3v) is 3.80. The van der Waals surface area contributed by atoms with Gasteiger partial charge >= 0.3 is 6.03 Å². The number of hydrogen-bond donors (Lipinski definition) is 1. The van der Waals surface area contributed by atoms with E-state index in [1.165, 1.54) is 6.20 Å². The van der Waals surface area contributed by atoms with E-state index in [1.54, 1.807) is 9.91 Å². The number of aromatic nitrogens is 2. The van der Waals surface area contributed by atoms with E-state index in [1.807, 2.05) is 6.07 Å². The Morgan fingerprint density at radius 3 is 2.75 bits per heavy atom. The van der Waals surface area contributed by atoms with Gasteiger partial charge in [-0.05, 0) is 21.3 Å². The van der Waals surface area contributed by atoms with E-state index in [9.17, 15) is 4.79 Å². The number of hydrazine groups is 1. The fourth-order valence-electron chi connectivity index (χ4n) is 2.20. The first kappa shape index (κ1) is 18.4. The maximum atomic E-state index is 12.5. The summed E-state index contributed by atoms with van der Waals surface area (Å²) in [5.41, 5.74) is 2.79. The Morgan fingerprint density at radius 1 is 1.50 bits per heavy atom. The molecule has 0 spiro atoms. The minimum atomic E-state index is -0.216. The lowest BCUT2D eigenvalue weighted by Gasteiger charge is -2.34. The van der Waals surface area contributed by atoms with E-state index >= 15 is 0 Å². The number of carbonyl (C=O) groups is 1. The molecule has 2 amide bonds. The summed E-state index contributed by atoms with van der Waals surface area (Å²) < 4.78 is 5.87. The van der Waals surface area contributed by atoms with Gasteiger partial charge < -0.3 is 9.64 Å². The Morgan fingerprint density at radius 2 is 2.17 bits per heavy atom. The van der Waals surface area contributed by atoms with Crippen molar-refractivity contribution in [2.45, 2.75) is 20.8 Å². The number of nitrogens with zero attached hydrogens (tertiary/aromatic N) is 5. The molecule has 1 aromatic rings. The Kier molecular flexibility index (Phi) is 5.96. The lowest BCUT2D eigenvalue weighted by molar-refractivity contribution is 0.0529. The van der Waals surface area contributed by atoms with Crippen LogP contribution in [0.3, 0.4) is 0 Å². The van der Waals surface area contributed by atoms with Gasteiger partial charge in [0, 0.05) is 25.8 Å². The maximum absolute atomic E-state index is 12.5. The molecule has 0 atom stereocenters. The highest BCUT2D eigenvalue weighted by Gasteiger charge is 2.25. The first-order valence-electron chi connectivity index (χ1n) is 7.63. The maximum Gasteiger partial charge on any atom is 0.336 e. The molecule has 130 valence electrons. The number of urea groups is 1. The van der Waals surface area contributed by atoms with E-state index in [2.05, 4.69) is 52.1 Å². The lowest BCUT2D eigenvalue weighted by atomic mass is 9.97. The number of rotatable bonds is 3. The monoisotopic (exact) mass is 396 g/mol. The minimum absolute atomic E-state index is 0.0488. The molecule has 0 aliphatic carbocycles. The fraction of sp³-hybridized carbons (Fsp3) is 0.600. The van der Waals surface area contributed by atoms with Crippen LogP contribution in [-0.4, -0.2) is 53.7 Å². The number of amides is 2. The van der Waals surface area contributed by atoms with Crippen LogP contribution in [0.5, 0.6) is 0 Å². The van der Waals surface area contributed by atoms with E-state index < -0.39 is 0 Å². The molecule has 2 heterocycles. The van der Waals surface area contributed by atoms with Gasteiger partial charge in [-0.2, -0.15) is 10.2 Å². The molecule has 1 aromatic heterocycles. The highest BCUT2D eigenvalue weighted by atomic mass is 79.9. The number of halogens is 1. The average Bonchev–Trinajstić information content (AvgIpc) is 2.54. The molecular weight excluding hydrogens is 376 g/mol. The Balaban J connectivity index is 2.24. The molecular formula is C15H21BrN6O2. The molecule has 1 saturated heterocycles. The first-order valence-corrected chi connectivity index (χ1v) is 8.43. The zero-order chi connectivity index (χ0) is 17.7. The number of hydrogen-bond acceptors (Lipinski definition) is 6. The van der Waals surface area contributed by atoms with Gasteiger partial charge in [-0.25, -0.2) is 15.2 Å². The number of nitrogens with one attached hydrogen (secondary N) is 1. The second kappa shape index (κ2) is 7.77. The topological polar surface area (TPSA) is 94.4 Å². The van der Waals surface area contributed by atoms with E-state index in [0.29, 0.717) is 43.1 Å². The zero-order valence-electron chi connectivity index (χ0n) is 14.0. The van der Waals surface area contributed by atoms with Crippen LogP contribution < -0.4 is 10.4 Å². The van der Waals surface area contributed by atoms with Crippen molar-refractivity contribution in [1.82, 2.24) is 20.3 Å². The van der Waals surface area contributed by atoms with E-state index in [4.69, 9.17) is 10.00 Å². The van der Waals surface area contributed by atoms with Crippen molar-refractivity contribution in [2.75, 3.05) is 37.9 Å². The van der Waals surface area contributed by atoms with E-state index in [0.717, 1.165) is 0 Å². The van der Waals surface area contributed by atoms with Gasteiger partial charge in [0.15, 0.2) is 5.82 Å². The molecule has 1 aliphatic rings. The summed E-state index contributed by atoms with van der Waals surface area (Å²) in [5.74, 6) is 0.505. The fourth-order valence-corrected chi connectivity index (χ4v) is 2.60. The minimum Gasteiger partial charge on any atom is -0.378 e. The van der Waals surface area contributed by atoms with Gasteiger partial charge in [-0.1, -0.05) is 20.8 Å². The summed E-state index contributed by atoms with van der Waals surface area (Å²) in [6.45, 7) is 8.84. The normalized spacial score (nSPS) is 14.9. The Labute approximate surface area is 149 Å². The van der Waals surface area contributed by atoms with Crippen molar-refractivity contribution in [1.29, 1.82) is 5.26 Å². The average molecular weight is 397 g/mol. The second-order valence-electron chi connectivity index (χ2n) is 6.64. The highest BCUT2D eigenvalue weighted by molar-refractivity contribution is 9.10. The summed E-state index contributed by atoms with van der Waals surface area (Å²) in [6, 6.07) is 1.70. The molecule has 1 fully saturated rings. The predicted molar refractivity (Wildman–Crippen MR) is 92.2 cm³/mol. The van der Waals surface area contributed by atoms with Crippen molar-refractivity contribution >= 4 is 27.8 Å². The number of carbonyl (C=O) groups excluding carboxylic acids is 1. The smallest absolute Gasteiger partial charge is 0.336 e. The number of anilines is 1. The molecule has 1 aliphatic heterocycles. The van der Waals surface area contributed by atoms with Crippen LogP contribution in [0.4, 0.5) is 10.6 Å². The largest absolute Gasteiger partial charge is 0.378 e. The van der Waals surface area contributed by atoms with Gasteiger partial charge in [-0.3, -0.25) is 5.01 Å². The molecule has 9 heteroatoms. The number of ether oxygens (including phenoxy) is 1. The van der Waals surface area contributed by atoms with E-state index in [-0.39, 0.29) is 17.3 Å². The molecule has 2 rings (SSSR count). The van der Waals surface area contributed by atoms with Crippen LogP contribution in [0.1, 0.15) is 26.6 Å². The van der Waals surface area contributed by atoms with Crippen LogP contribution in [0.15, 0.2) is 10.7 Å². The van der Waals surface area contributed by atoms with Crippen LogP contribution in [0, 0.1) is 16.7 Å². The summed E-state index contributed by atoms with van der Waals surface area (Å²) in [5, 5.41) is 10.7. The van der Waals surface area contributed by atoms with Crippen LogP contribution >= 0.6 is 15.9 Å². The Hall–Kier alpha value is -1.92. The van der Waals surface area contributed by atoms with Gasteiger partial charge in [0.25, 0.3) is 0 Å². The lowest BCUT2D eigenvalue weighted by Crippen LogP contribution is -2.54. The molecule has 0 unspecified atom stereocenters. The third-order valence-electron chi connectivity index (χ3n) is 3.24. The molecule has 0 aromatic carbocycles. The molecule has 1 N–H and O–H groups in total. The predicted octanol–water partition coefficient (Wildman–Crippen LogP) is 1.92. The first-order chi connectivity index (χ1) is 11.3. The van der Waals surface area contributed by atoms with Gasteiger partial charge in [0.05, 0.1) is 17.7 Å². The molecule has 0 radical (unpaired) electrons. The van der Waals surface area contributed by atoms with Gasteiger partial charge in [0.2, 0.25) is 5.82 Å². The van der Waals surface area contributed by atoms with Crippen LogP contribution in [-0.2, 0) is 4.74 Å². The standard InChI is InChI=1S/C15H21BrN6O2/c1-15(2,3)10-22(13-11(16)9-18-12(8-17)19-13)20-14(23)21-4-6-24-7-5-21/h9H,4-7,10H2,1-3H3,(H,20,23). The number of morpholine rings is 1. The molecule has 0 bridgehead atoms. The summed E-state index contributed by atoms with van der Waals surface area (Å²) >= 11 is 3.39. The summed E-state index contributed by atoms with van der Waals surface area (Å²) in [6.07, 6.45) is 1.51. The van der Waals surface area contributed by atoms with Crippen molar-refractivity contribution in [2.24, 2.45) is 5.41 Å².